The van der Waals surface area contributed by atoms with Crippen molar-refractivity contribution < 1.29 is 28.6 Å². The number of hydrogen-bond donors (Lipinski definition) is 8. The van der Waals surface area contributed by atoms with Gasteiger partial charge in [0.25, 0.3) is 35.6 Å². The number of nitrogens with zero attached hydrogens (tertiary/aromatic N) is 16. The van der Waals surface area contributed by atoms with E-state index >= 15 is 0 Å². The molecule has 0 atom stereocenters. The summed E-state index contributed by atoms with van der Waals surface area (Å²) in [6.07, 6.45) is 8.47. The molecule has 0 radical (unpaired) electrons. The van der Waals surface area contributed by atoms with Crippen molar-refractivity contribution in [1.29, 1.82) is 0 Å². The molecule has 482 valence electrons. The summed E-state index contributed by atoms with van der Waals surface area (Å²) in [7, 11) is 0. The van der Waals surface area contributed by atoms with Crippen LogP contribution >= 0.6 is 0 Å². The van der Waals surface area contributed by atoms with Gasteiger partial charge in [0.1, 0.15) is 0 Å². The van der Waals surface area contributed by atoms with Crippen molar-refractivity contribution >= 4 is 89.9 Å². The van der Waals surface area contributed by atoms with E-state index in [2.05, 4.69) is 141 Å². The minimum atomic E-state index is -0.284. The van der Waals surface area contributed by atoms with Crippen LogP contribution in [0.2, 0.25) is 0 Å². The van der Waals surface area contributed by atoms with Gasteiger partial charge in [-0.05, 0) is 122 Å². The van der Waals surface area contributed by atoms with Crippen LogP contribution < -0.4 is 47.4 Å². The number of carbonyl (C=O) groups is 3. The fraction of sp³-hybridized carbons (Fsp3) is 0.741. The highest BCUT2D eigenvalue weighted by atomic mass is 16.5. The number of amides is 3. The van der Waals surface area contributed by atoms with Crippen molar-refractivity contribution in [3.63, 3.8) is 0 Å². The lowest BCUT2D eigenvalue weighted by Crippen LogP contribution is -2.60. The third kappa shape index (κ3) is 19.8. The number of carbonyl (C=O) groups excluding carboxylic acids is 3. The van der Waals surface area contributed by atoms with Gasteiger partial charge in [0, 0.05) is 117 Å². The van der Waals surface area contributed by atoms with Crippen LogP contribution in [-0.2, 0) is 28.6 Å². The van der Waals surface area contributed by atoms with E-state index in [1.165, 1.54) is 18.6 Å². The van der Waals surface area contributed by atoms with Crippen molar-refractivity contribution in [2.45, 2.75) is 173 Å². The van der Waals surface area contributed by atoms with Crippen molar-refractivity contribution in [1.82, 2.24) is 75.5 Å². The summed E-state index contributed by atoms with van der Waals surface area (Å²) in [5.74, 6) is 0.929. The number of aliphatic imine (C=N–C) groups is 3. The maximum absolute atomic E-state index is 13.5. The summed E-state index contributed by atoms with van der Waals surface area (Å²) in [4.78, 5) is 104. The average Bonchev–Trinajstić information content (AvgIpc) is 1.31. The van der Waals surface area contributed by atoms with Crippen molar-refractivity contribution in [2.24, 2.45) is 15.0 Å². The largest absolute Gasteiger partial charge is 0.378 e. The van der Waals surface area contributed by atoms with E-state index in [9.17, 15) is 14.4 Å². The second-order valence-corrected chi connectivity index (χ2v) is 27.7. The van der Waals surface area contributed by atoms with Crippen molar-refractivity contribution in [2.75, 3.05) is 137 Å². The molecular weight excluding hydrogens is 1130 g/mol. The van der Waals surface area contributed by atoms with E-state index in [1.807, 2.05) is 4.90 Å². The van der Waals surface area contributed by atoms with Crippen LogP contribution in [0, 0.1) is 0 Å². The van der Waals surface area contributed by atoms with E-state index in [0.29, 0.717) is 96.8 Å². The van der Waals surface area contributed by atoms with Gasteiger partial charge >= 0.3 is 0 Å². The summed E-state index contributed by atoms with van der Waals surface area (Å²) in [5.41, 5.74) is -1.08. The van der Waals surface area contributed by atoms with Crippen LogP contribution in [0.5, 0.6) is 0 Å². The lowest BCUT2D eigenvalue weighted by molar-refractivity contribution is -0.128. The highest BCUT2D eigenvalue weighted by molar-refractivity contribution is 6.27. The topological polar surface area (TPSA) is 341 Å². The Labute approximate surface area is 516 Å². The van der Waals surface area contributed by atoms with Gasteiger partial charge in [0.05, 0.1) is 58.3 Å². The van der Waals surface area contributed by atoms with Crippen LogP contribution in [0.3, 0.4) is 0 Å². The number of rotatable bonds is 21. The highest BCUT2D eigenvalue weighted by Crippen LogP contribution is 2.33. The molecule has 9 rings (SSSR count). The number of piperidine rings is 3. The minimum Gasteiger partial charge on any atom is -0.378 e. The molecule has 30 heteroatoms. The van der Waals surface area contributed by atoms with E-state index in [-0.39, 0.29) is 131 Å². The van der Waals surface area contributed by atoms with Gasteiger partial charge in [0.15, 0.2) is 0 Å². The third-order valence-corrected chi connectivity index (χ3v) is 15.9. The Hall–Kier alpha value is -6.99. The number of morpholine rings is 3. The molecule has 6 aliphatic rings. The zero-order valence-electron chi connectivity index (χ0n) is 53.6. The molecule has 6 saturated heterocycles. The molecule has 0 saturated carbocycles. The Bertz CT molecular complexity index is 2810. The first-order valence-electron chi connectivity index (χ1n) is 31.0. The Morgan fingerprint density at radius 1 is 0.432 bits per heavy atom. The van der Waals surface area contributed by atoms with Gasteiger partial charge in [-0.2, -0.15) is 44.9 Å². The van der Waals surface area contributed by atoms with Crippen LogP contribution in [0.4, 0.5) is 53.5 Å². The smallest absolute Gasteiger partial charge is 0.265 e. The highest BCUT2D eigenvalue weighted by Gasteiger charge is 2.41. The predicted molar refractivity (Wildman–Crippen MR) is 339 cm³/mol. The lowest BCUT2D eigenvalue weighted by atomic mass is 9.79. The number of anilines is 6. The Balaban J connectivity index is 1.03. The maximum atomic E-state index is 13.5. The maximum Gasteiger partial charge on any atom is 0.265 e. The molecule has 6 fully saturated rings. The van der Waals surface area contributed by atoms with Crippen molar-refractivity contribution in [3.05, 3.63) is 0 Å². The lowest BCUT2D eigenvalue weighted by Gasteiger charge is -2.46. The summed E-state index contributed by atoms with van der Waals surface area (Å²) in [6, 6.07) is -0.0208. The second-order valence-electron chi connectivity index (χ2n) is 27.7. The zero-order chi connectivity index (χ0) is 62.9. The van der Waals surface area contributed by atoms with Gasteiger partial charge in [0.2, 0.25) is 35.7 Å². The fourth-order valence-corrected chi connectivity index (χ4v) is 13.4. The molecule has 88 heavy (non-hydrogen) atoms. The molecule has 3 amide bonds. The first kappa shape index (κ1) is 65.5. The molecule has 8 N–H and O–H groups in total. The summed E-state index contributed by atoms with van der Waals surface area (Å²) in [5, 5.41) is 28.8. The molecule has 0 aromatic carbocycles. The number of ether oxygens (including phenoxy) is 3. The Morgan fingerprint density at radius 3 is 1.01 bits per heavy atom. The van der Waals surface area contributed by atoms with E-state index < -0.39 is 0 Å². The molecule has 0 aliphatic carbocycles. The summed E-state index contributed by atoms with van der Waals surface area (Å²) < 4.78 is 16.4. The molecule has 0 spiro atoms. The standard InChI is InChI=1S/C58H94N24O6/c1-53(2)29-38(30-54(3,4)76-53)64-49-69-44(67-46(71-49)61-35-41(83)79-17-23-86-24-18-79)59-13-15-82(52-74-48(63-37-43(85)81-21-27-88-28-22-81)73-51(75-52)66-40-33-57(9,10)78-58(11,12)34-40)16-14-60-45-68-47(62-36-42(84)80-19-25-87-26-20-80)72-50(70-45)65-39-31-55(5,6)77-56(7,8)32-39/h35-40,76-78H,13-34H2,1-12H3,(H,66,73,74,75)(H2,59,64,67,69,71)(H2,60,65,68,70,72). The van der Waals surface area contributed by atoms with Crippen LogP contribution in [-0.4, -0.2) is 252 Å². The van der Waals surface area contributed by atoms with E-state index in [1.54, 1.807) is 14.7 Å². The van der Waals surface area contributed by atoms with Crippen LogP contribution in [0.25, 0.3) is 0 Å². The molecule has 0 bridgehead atoms. The molecule has 6 aliphatic heterocycles. The molecule has 3 aromatic rings. The SMILES string of the molecule is CC1(C)CC(Nc2nc(N=CC(=O)N3CCOCC3)nc(NCCN(CCNc3nc(N=CC(=O)N4CCOCC4)nc(NC4CC(C)(C)NC(C)(C)C4)n3)c3nc(N=CC(=O)N4CCOCC4)nc(NC4CC(C)(C)NC(C)(C)C4)n3)n2)CC(C)(C)N1. The zero-order valence-corrected chi connectivity index (χ0v) is 53.6. The molecule has 0 unspecified atom stereocenters. The monoisotopic (exact) mass is 1220 g/mol. The number of hydrogen-bond acceptors (Lipinski definition) is 27. The number of aromatic nitrogens is 9. The average molecular weight is 1220 g/mol. The Morgan fingerprint density at radius 2 is 0.705 bits per heavy atom. The van der Waals surface area contributed by atoms with Crippen LogP contribution in [0.15, 0.2) is 15.0 Å². The third-order valence-electron chi connectivity index (χ3n) is 15.9. The normalized spacial score (nSPS) is 22.2. The van der Waals surface area contributed by atoms with Crippen molar-refractivity contribution in [3.8, 4) is 0 Å². The van der Waals surface area contributed by atoms with Gasteiger partial charge in [-0.3, -0.25) is 14.4 Å². The Kier molecular flexibility index (Phi) is 20.7. The second kappa shape index (κ2) is 27.8. The van der Waals surface area contributed by atoms with Gasteiger partial charge in [-0.15, -0.1) is 0 Å². The summed E-state index contributed by atoms with van der Waals surface area (Å²) in [6.45, 7) is 32.5. The van der Waals surface area contributed by atoms with Gasteiger partial charge in [-0.25, -0.2) is 15.0 Å². The first-order chi connectivity index (χ1) is 41.6. The predicted octanol–water partition coefficient (Wildman–Crippen LogP) is 3.12. The number of nitrogens with one attached hydrogen (secondary N) is 8. The minimum absolute atomic E-state index is 0.00606. The van der Waals surface area contributed by atoms with E-state index in [0.717, 1.165) is 38.5 Å². The van der Waals surface area contributed by atoms with Crippen LogP contribution in [0.1, 0.15) is 122 Å². The van der Waals surface area contributed by atoms with E-state index in [4.69, 9.17) is 59.1 Å². The first-order valence-corrected chi connectivity index (χ1v) is 31.0. The molecule has 9 heterocycles. The van der Waals surface area contributed by atoms with Gasteiger partial charge in [-0.1, -0.05) is 0 Å². The molecule has 3 aromatic heterocycles. The molecule has 30 nitrogen and oxygen atoms in total. The molecular formula is C58H94N24O6. The fourth-order valence-electron chi connectivity index (χ4n) is 13.4. The quantitative estimate of drug-likeness (QED) is 0.0710. The van der Waals surface area contributed by atoms with Gasteiger partial charge < -0.3 is 76.3 Å². The summed E-state index contributed by atoms with van der Waals surface area (Å²) >= 11 is 0.